The number of hydrogen-bond donors (Lipinski definition) is 3. The van der Waals surface area contributed by atoms with Crippen LogP contribution in [0.5, 0.6) is 0 Å². The van der Waals surface area contributed by atoms with Gasteiger partial charge in [0, 0.05) is 18.0 Å². The highest BCUT2D eigenvalue weighted by molar-refractivity contribution is 7.08. The molecule has 4 rings (SSSR count). The number of anilines is 2. The fourth-order valence-electron chi connectivity index (χ4n) is 3.45. The number of carboxylic acid groups (broad SMARTS) is 1. The van der Waals surface area contributed by atoms with Crippen LogP contribution >= 0.6 is 11.3 Å². The molecule has 2 atom stereocenters. The number of aryl methyl sites for hydroxylation is 1. The van der Waals surface area contributed by atoms with E-state index in [1.807, 2.05) is 28.7 Å². The van der Waals surface area contributed by atoms with Crippen molar-refractivity contribution < 1.29 is 14.7 Å². The summed E-state index contributed by atoms with van der Waals surface area (Å²) in [5.74, 6) is -1.13. The van der Waals surface area contributed by atoms with Crippen LogP contribution in [0, 0.1) is 6.92 Å². The number of carbonyl (C=O) groups is 2. The number of nitrogens with two attached hydrogens (primary N) is 1. The zero-order valence-electron chi connectivity index (χ0n) is 14.9. The molecule has 1 aliphatic heterocycles. The Bertz CT molecular complexity index is 1030. The number of aromatic nitrogens is 3. The topological polar surface area (TPSA) is 126 Å². The van der Waals surface area contributed by atoms with E-state index in [-0.39, 0.29) is 12.0 Å². The molecule has 1 aliphatic rings. The zero-order chi connectivity index (χ0) is 19.8. The third-order valence-electron chi connectivity index (χ3n) is 4.60. The van der Waals surface area contributed by atoms with E-state index in [0.717, 1.165) is 11.3 Å². The molecule has 0 fully saturated rings. The van der Waals surface area contributed by atoms with Gasteiger partial charge in [-0.1, -0.05) is 0 Å². The highest BCUT2D eigenvalue weighted by Gasteiger charge is 2.40. The van der Waals surface area contributed by atoms with Crippen LogP contribution in [0.1, 0.15) is 40.4 Å². The van der Waals surface area contributed by atoms with E-state index in [1.54, 1.807) is 17.1 Å². The van der Waals surface area contributed by atoms with Crippen molar-refractivity contribution in [2.75, 3.05) is 10.2 Å². The van der Waals surface area contributed by atoms with E-state index in [9.17, 15) is 14.7 Å². The third-order valence-corrected chi connectivity index (χ3v) is 5.30. The van der Waals surface area contributed by atoms with Gasteiger partial charge in [0.1, 0.15) is 12.3 Å². The molecule has 0 radical (unpaired) electrons. The summed E-state index contributed by atoms with van der Waals surface area (Å²) in [5, 5.41) is 16.9. The summed E-state index contributed by atoms with van der Waals surface area (Å²) in [6.07, 6.45) is 3.87. The van der Waals surface area contributed by atoms with Crippen LogP contribution in [0.3, 0.4) is 0 Å². The van der Waals surface area contributed by atoms with Crippen molar-refractivity contribution in [3.63, 3.8) is 0 Å². The fraction of sp³-hybridized carbons (Fsp3) is 0.222. The molecule has 9 nitrogen and oxygen atoms in total. The smallest absolute Gasteiger partial charge is 0.338 e. The van der Waals surface area contributed by atoms with Gasteiger partial charge >= 0.3 is 5.97 Å². The summed E-state index contributed by atoms with van der Waals surface area (Å²) in [6.45, 7) is 1.84. The van der Waals surface area contributed by atoms with Crippen LogP contribution in [0.25, 0.3) is 0 Å². The molecule has 0 aromatic carbocycles. The monoisotopic (exact) mass is 398 g/mol. The first kappa shape index (κ1) is 18.0. The van der Waals surface area contributed by atoms with Crippen molar-refractivity contribution in [3.8, 4) is 0 Å². The number of imidazole rings is 1. The van der Waals surface area contributed by atoms with E-state index in [0.29, 0.717) is 11.5 Å². The third kappa shape index (κ3) is 3.07. The van der Waals surface area contributed by atoms with Crippen LogP contribution in [0.15, 0.2) is 41.6 Å². The van der Waals surface area contributed by atoms with Crippen LogP contribution in [-0.2, 0) is 4.79 Å². The van der Waals surface area contributed by atoms with Crippen molar-refractivity contribution in [2.45, 2.75) is 25.7 Å². The number of pyridine rings is 1. The lowest BCUT2D eigenvalue weighted by Gasteiger charge is -2.35. The van der Waals surface area contributed by atoms with Crippen molar-refractivity contribution in [1.82, 2.24) is 14.5 Å². The maximum absolute atomic E-state index is 11.9. The highest BCUT2D eigenvalue weighted by atomic mass is 32.1. The number of carbonyl (C=O) groups excluding carboxylic acids is 1. The van der Waals surface area contributed by atoms with Crippen LogP contribution in [-0.4, -0.2) is 31.5 Å². The van der Waals surface area contributed by atoms with Gasteiger partial charge < -0.3 is 25.6 Å². The average Bonchev–Trinajstić information content (AvgIpc) is 3.38. The summed E-state index contributed by atoms with van der Waals surface area (Å²) < 4.78 is 1.77. The number of fused-ring (bicyclic) bond motifs is 1. The predicted octanol–water partition coefficient (Wildman–Crippen LogP) is 2.35. The minimum atomic E-state index is -1.07. The van der Waals surface area contributed by atoms with Gasteiger partial charge in [0.15, 0.2) is 5.82 Å². The Balaban J connectivity index is 1.91. The number of primary amides is 1. The Morgan fingerprint density at radius 2 is 2.21 bits per heavy atom. The Labute approximate surface area is 164 Å². The van der Waals surface area contributed by atoms with E-state index in [4.69, 9.17) is 5.73 Å². The first-order valence-corrected chi connectivity index (χ1v) is 9.47. The van der Waals surface area contributed by atoms with Gasteiger partial charge in [-0.25, -0.2) is 14.8 Å². The van der Waals surface area contributed by atoms with Gasteiger partial charge in [-0.2, -0.15) is 11.3 Å². The van der Waals surface area contributed by atoms with Gasteiger partial charge in [0.2, 0.25) is 5.91 Å². The number of thiophene rings is 1. The average molecular weight is 398 g/mol. The lowest BCUT2D eigenvalue weighted by Crippen LogP contribution is -2.38. The summed E-state index contributed by atoms with van der Waals surface area (Å²) in [4.78, 5) is 34.2. The second kappa shape index (κ2) is 6.97. The lowest BCUT2D eigenvalue weighted by molar-refractivity contribution is -0.118. The maximum Gasteiger partial charge on any atom is 0.338 e. The number of aromatic carboxylic acids is 1. The Hall–Kier alpha value is -3.40. The molecule has 2 unspecified atom stereocenters. The minimum absolute atomic E-state index is 0.0223. The number of hydrogen-bond acceptors (Lipinski definition) is 7. The molecule has 3 aromatic rings. The summed E-state index contributed by atoms with van der Waals surface area (Å²) in [6, 6.07) is 3.40. The first-order chi connectivity index (χ1) is 13.5. The number of rotatable bonds is 6. The maximum atomic E-state index is 11.9. The summed E-state index contributed by atoms with van der Waals surface area (Å²) in [7, 11) is 0. The SMILES string of the molecule is Cc1cn(C(CC(N)=O)N2c3c(C(=O)O)ccnc3NC2c2ccsc2)cn1. The molecule has 1 amide bonds. The van der Waals surface area contributed by atoms with Crippen molar-refractivity contribution in [2.24, 2.45) is 5.73 Å². The predicted molar refractivity (Wildman–Crippen MR) is 104 cm³/mol. The summed E-state index contributed by atoms with van der Waals surface area (Å²) >= 11 is 1.53. The Morgan fingerprint density at radius 3 is 2.82 bits per heavy atom. The van der Waals surface area contributed by atoms with E-state index < -0.39 is 24.2 Å². The Kier molecular flexibility index (Phi) is 4.47. The zero-order valence-corrected chi connectivity index (χ0v) is 15.8. The number of nitrogens with one attached hydrogen (secondary N) is 1. The molecule has 10 heteroatoms. The number of nitrogens with zero attached hydrogens (tertiary/aromatic N) is 4. The van der Waals surface area contributed by atoms with Crippen LogP contribution < -0.4 is 16.0 Å². The molecule has 4 N–H and O–H groups in total. The standard InChI is InChI=1S/C18H18N6O3S/c1-10-7-23(9-21-10)14(6-13(19)25)24-15-12(18(26)27)2-4-20-16(15)22-17(24)11-3-5-28-8-11/h2-5,7-9,14,17H,6H2,1H3,(H2,19,25)(H,20,22)(H,26,27). The molecule has 0 saturated carbocycles. The number of amides is 1. The van der Waals surface area contributed by atoms with Crippen molar-refractivity contribution in [3.05, 3.63) is 58.4 Å². The first-order valence-electron chi connectivity index (χ1n) is 8.53. The minimum Gasteiger partial charge on any atom is -0.478 e. The van der Waals surface area contributed by atoms with E-state index in [1.165, 1.54) is 23.6 Å². The second-order valence-electron chi connectivity index (χ2n) is 6.49. The van der Waals surface area contributed by atoms with E-state index >= 15 is 0 Å². The van der Waals surface area contributed by atoms with Crippen LogP contribution in [0.4, 0.5) is 11.5 Å². The molecule has 0 bridgehead atoms. The second-order valence-corrected chi connectivity index (χ2v) is 7.27. The fourth-order valence-corrected chi connectivity index (χ4v) is 4.13. The van der Waals surface area contributed by atoms with Gasteiger partial charge in [-0.3, -0.25) is 4.79 Å². The molecular weight excluding hydrogens is 380 g/mol. The molecule has 0 spiro atoms. The molecule has 144 valence electrons. The Morgan fingerprint density at radius 1 is 1.39 bits per heavy atom. The molecule has 4 heterocycles. The van der Waals surface area contributed by atoms with Gasteiger partial charge in [0.25, 0.3) is 0 Å². The lowest BCUT2D eigenvalue weighted by atomic mass is 10.1. The molecule has 28 heavy (non-hydrogen) atoms. The molecule has 0 aliphatic carbocycles. The molecular formula is C18H18N6O3S. The summed E-state index contributed by atoms with van der Waals surface area (Å²) in [5.41, 5.74) is 7.77. The van der Waals surface area contributed by atoms with Gasteiger partial charge in [0.05, 0.1) is 29.7 Å². The van der Waals surface area contributed by atoms with Crippen LogP contribution in [0.2, 0.25) is 0 Å². The van der Waals surface area contributed by atoms with Gasteiger partial charge in [-0.15, -0.1) is 0 Å². The van der Waals surface area contributed by atoms with Crippen molar-refractivity contribution >= 4 is 34.7 Å². The highest BCUT2D eigenvalue weighted by Crippen LogP contribution is 2.46. The van der Waals surface area contributed by atoms with Gasteiger partial charge in [-0.05, 0) is 29.8 Å². The van der Waals surface area contributed by atoms with E-state index in [2.05, 4.69) is 15.3 Å². The molecule has 3 aromatic heterocycles. The van der Waals surface area contributed by atoms with Crippen molar-refractivity contribution in [1.29, 1.82) is 0 Å². The molecule has 0 saturated heterocycles. The number of carboxylic acids is 1. The normalized spacial score (nSPS) is 16.5. The largest absolute Gasteiger partial charge is 0.478 e. The quantitative estimate of drug-likeness (QED) is 0.582.